The molecule has 4 N–H and O–H groups in total. The number of fused-ring (bicyclic) bond motifs is 1. The lowest BCUT2D eigenvalue weighted by atomic mass is 9.95. The second-order valence-corrected chi connectivity index (χ2v) is 6.91. The molecule has 0 aromatic carbocycles. The molecule has 4 atom stereocenters. The fourth-order valence-corrected chi connectivity index (χ4v) is 3.55. The largest absolute Gasteiger partial charge is 0.454 e. The van der Waals surface area contributed by atoms with Gasteiger partial charge in [0.2, 0.25) is 5.72 Å². The standard InChI is InChI=1S/C18H25N5O6/c1-3-5-11(25)18(23-9-22-13-16(19)20-8-21-17(13)23)15(28-12(26)6-4-2)14(27)10(7-24)29-18/h8-10,14-15,24,27H,3-7H2,1-2H3,(H2,19,20,21)/t10-,14-,15-,18-/m1/s1. The summed E-state index contributed by atoms with van der Waals surface area (Å²) < 4.78 is 12.7. The Morgan fingerprint density at radius 2 is 2.00 bits per heavy atom. The van der Waals surface area contributed by atoms with Gasteiger partial charge >= 0.3 is 5.97 Å². The summed E-state index contributed by atoms with van der Waals surface area (Å²) in [6.07, 6.45) is -0.283. The summed E-state index contributed by atoms with van der Waals surface area (Å²) in [4.78, 5) is 37.8. The molecule has 29 heavy (non-hydrogen) atoms. The highest BCUT2D eigenvalue weighted by molar-refractivity contribution is 5.90. The number of ketones is 1. The molecular weight excluding hydrogens is 382 g/mol. The van der Waals surface area contributed by atoms with Gasteiger partial charge in [-0.05, 0) is 12.8 Å². The van der Waals surface area contributed by atoms with E-state index in [0.29, 0.717) is 12.8 Å². The predicted octanol–water partition coefficient (Wildman–Crippen LogP) is -0.106. The van der Waals surface area contributed by atoms with Crippen LogP contribution in [0.15, 0.2) is 12.7 Å². The van der Waals surface area contributed by atoms with Crippen LogP contribution in [-0.2, 0) is 24.8 Å². The average Bonchev–Trinajstić information content (AvgIpc) is 3.24. The van der Waals surface area contributed by atoms with Gasteiger partial charge in [0.1, 0.15) is 30.4 Å². The number of hydrogen-bond donors (Lipinski definition) is 3. The number of imidazole rings is 1. The van der Waals surface area contributed by atoms with Crippen molar-refractivity contribution < 1.29 is 29.3 Å². The van der Waals surface area contributed by atoms with Gasteiger partial charge in [-0.3, -0.25) is 14.2 Å². The number of nitrogen functional groups attached to an aromatic ring is 1. The van der Waals surface area contributed by atoms with Crippen LogP contribution in [0.4, 0.5) is 5.82 Å². The van der Waals surface area contributed by atoms with Crippen LogP contribution in [0, 0.1) is 0 Å². The maximum atomic E-state index is 13.3. The third-order valence-corrected chi connectivity index (χ3v) is 4.90. The Morgan fingerprint density at radius 1 is 1.28 bits per heavy atom. The van der Waals surface area contributed by atoms with E-state index in [4.69, 9.17) is 15.2 Å². The van der Waals surface area contributed by atoms with Crippen LogP contribution in [-0.4, -0.2) is 66.4 Å². The summed E-state index contributed by atoms with van der Waals surface area (Å²) >= 11 is 0. The molecule has 3 heterocycles. The van der Waals surface area contributed by atoms with Crippen molar-refractivity contribution in [2.24, 2.45) is 0 Å². The average molecular weight is 407 g/mol. The van der Waals surface area contributed by atoms with E-state index >= 15 is 0 Å². The number of aliphatic hydroxyl groups excluding tert-OH is 2. The van der Waals surface area contributed by atoms with Gasteiger partial charge in [-0.2, -0.15) is 0 Å². The van der Waals surface area contributed by atoms with E-state index in [1.165, 1.54) is 17.2 Å². The highest BCUT2D eigenvalue weighted by Gasteiger charge is 2.62. The van der Waals surface area contributed by atoms with Crippen LogP contribution in [0.3, 0.4) is 0 Å². The van der Waals surface area contributed by atoms with E-state index < -0.39 is 42.4 Å². The van der Waals surface area contributed by atoms with Gasteiger partial charge in [-0.1, -0.05) is 13.8 Å². The van der Waals surface area contributed by atoms with Gasteiger partial charge in [0.25, 0.3) is 0 Å². The van der Waals surface area contributed by atoms with Crippen LogP contribution in [0.5, 0.6) is 0 Å². The van der Waals surface area contributed by atoms with E-state index in [9.17, 15) is 19.8 Å². The van der Waals surface area contributed by atoms with Gasteiger partial charge in [0.05, 0.1) is 6.61 Å². The Morgan fingerprint density at radius 3 is 2.66 bits per heavy atom. The first kappa shape index (κ1) is 21.1. The number of carbonyl (C=O) groups excluding carboxylic acids is 2. The fraction of sp³-hybridized carbons (Fsp3) is 0.611. The number of nitrogens with zero attached hydrogens (tertiary/aromatic N) is 4. The summed E-state index contributed by atoms with van der Waals surface area (Å²) in [6.45, 7) is 3.04. The lowest BCUT2D eigenvalue weighted by Crippen LogP contribution is -2.53. The third kappa shape index (κ3) is 3.45. The number of nitrogens with two attached hydrogens (primary N) is 1. The number of carbonyl (C=O) groups is 2. The number of aliphatic hydroxyl groups is 2. The van der Waals surface area contributed by atoms with E-state index in [1.54, 1.807) is 6.92 Å². The molecule has 1 aliphatic heterocycles. The summed E-state index contributed by atoms with van der Waals surface area (Å²) in [5.74, 6) is -0.935. The lowest BCUT2D eigenvalue weighted by Gasteiger charge is -2.34. The zero-order valence-corrected chi connectivity index (χ0v) is 16.3. The first-order chi connectivity index (χ1) is 13.9. The molecule has 11 heteroatoms. The second-order valence-electron chi connectivity index (χ2n) is 6.91. The summed E-state index contributed by atoms with van der Waals surface area (Å²) in [7, 11) is 0. The Balaban J connectivity index is 2.21. The Labute approximate surface area is 166 Å². The molecular formula is C18H25N5O6. The van der Waals surface area contributed by atoms with Crippen molar-refractivity contribution in [1.82, 2.24) is 19.5 Å². The summed E-state index contributed by atoms with van der Waals surface area (Å²) in [5, 5.41) is 20.4. The number of hydrogen-bond acceptors (Lipinski definition) is 10. The molecule has 1 saturated heterocycles. The monoisotopic (exact) mass is 407 g/mol. The molecule has 158 valence electrons. The molecule has 0 aliphatic carbocycles. The zero-order valence-electron chi connectivity index (χ0n) is 16.3. The summed E-state index contributed by atoms with van der Waals surface area (Å²) in [6, 6.07) is 0. The van der Waals surface area contributed by atoms with Crippen LogP contribution < -0.4 is 5.73 Å². The van der Waals surface area contributed by atoms with Gasteiger partial charge in [-0.25, -0.2) is 15.0 Å². The molecule has 11 nitrogen and oxygen atoms in total. The molecule has 1 aliphatic rings. The molecule has 2 aromatic heterocycles. The Kier molecular flexibility index (Phi) is 6.10. The maximum absolute atomic E-state index is 13.3. The second kappa shape index (κ2) is 8.39. The number of esters is 1. The molecule has 0 spiro atoms. The first-order valence-corrected chi connectivity index (χ1v) is 9.54. The first-order valence-electron chi connectivity index (χ1n) is 9.54. The zero-order chi connectivity index (χ0) is 21.2. The van der Waals surface area contributed by atoms with Crippen molar-refractivity contribution in [3.8, 4) is 0 Å². The van der Waals surface area contributed by atoms with Crippen molar-refractivity contribution in [1.29, 1.82) is 0 Å². The minimum Gasteiger partial charge on any atom is -0.454 e. The topological polar surface area (TPSA) is 163 Å². The van der Waals surface area contributed by atoms with Gasteiger partial charge in [0.15, 0.2) is 23.4 Å². The molecule has 0 radical (unpaired) electrons. The van der Waals surface area contributed by atoms with Crippen molar-refractivity contribution in [2.75, 3.05) is 12.3 Å². The number of ether oxygens (including phenoxy) is 2. The van der Waals surface area contributed by atoms with Crippen molar-refractivity contribution >= 4 is 28.7 Å². The van der Waals surface area contributed by atoms with Crippen molar-refractivity contribution in [2.45, 2.75) is 63.6 Å². The molecule has 2 aromatic rings. The highest BCUT2D eigenvalue weighted by atomic mass is 16.6. The van der Waals surface area contributed by atoms with Gasteiger partial charge in [-0.15, -0.1) is 0 Å². The van der Waals surface area contributed by atoms with Gasteiger partial charge in [0, 0.05) is 12.8 Å². The maximum Gasteiger partial charge on any atom is 0.306 e. The number of anilines is 1. The fourth-order valence-electron chi connectivity index (χ4n) is 3.55. The number of aromatic nitrogens is 4. The summed E-state index contributed by atoms with van der Waals surface area (Å²) in [5.41, 5.74) is 4.33. The number of rotatable bonds is 8. The smallest absolute Gasteiger partial charge is 0.306 e. The van der Waals surface area contributed by atoms with Crippen molar-refractivity contribution in [3.63, 3.8) is 0 Å². The van der Waals surface area contributed by atoms with E-state index in [2.05, 4.69) is 15.0 Å². The molecule has 3 rings (SSSR count). The molecule has 0 saturated carbocycles. The van der Waals surface area contributed by atoms with Gasteiger partial charge < -0.3 is 25.4 Å². The van der Waals surface area contributed by atoms with Crippen LogP contribution in [0.1, 0.15) is 39.5 Å². The molecule has 0 amide bonds. The van der Waals surface area contributed by atoms with Crippen LogP contribution in [0.25, 0.3) is 11.2 Å². The Bertz CT molecular complexity index is 902. The molecule has 0 bridgehead atoms. The predicted molar refractivity (Wildman–Crippen MR) is 100 cm³/mol. The molecule has 0 unspecified atom stereocenters. The third-order valence-electron chi connectivity index (χ3n) is 4.90. The minimum atomic E-state index is -1.94. The van der Waals surface area contributed by atoms with Crippen molar-refractivity contribution in [3.05, 3.63) is 12.7 Å². The minimum absolute atomic E-state index is 0.0763. The van der Waals surface area contributed by atoms with E-state index in [-0.39, 0.29) is 29.8 Å². The quantitative estimate of drug-likeness (QED) is 0.503. The highest BCUT2D eigenvalue weighted by Crippen LogP contribution is 2.41. The normalized spacial score (nSPS) is 26.7. The number of Topliss-reactive ketones (excluding diaryl/α,β-unsaturated/α-hetero) is 1. The van der Waals surface area contributed by atoms with E-state index in [0.717, 1.165) is 0 Å². The lowest BCUT2D eigenvalue weighted by molar-refractivity contribution is -0.186. The van der Waals surface area contributed by atoms with Crippen LogP contribution in [0.2, 0.25) is 0 Å². The van der Waals surface area contributed by atoms with Crippen LogP contribution >= 0.6 is 0 Å². The Hall–Kier alpha value is -2.63. The SMILES string of the molecule is CCCC(=O)O[C@@H]1[C@H](O)[C@@H](CO)O[C@@]1(C(=O)CCC)n1cnc2c(N)ncnc21. The molecule has 1 fully saturated rings. The van der Waals surface area contributed by atoms with E-state index in [1.807, 2.05) is 6.92 Å².